The number of aliphatic carboxylic acids is 1. The topological polar surface area (TPSA) is 145 Å². The van der Waals surface area contributed by atoms with Crippen LogP contribution in [0.5, 0.6) is 0 Å². The summed E-state index contributed by atoms with van der Waals surface area (Å²) in [5.74, 6) is -1.22. The second kappa shape index (κ2) is 9.99. The molecule has 1 aliphatic carbocycles. The minimum absolute atomic E-state index is 0.0201. The van der Waals surface area contributed by atoms with Gasteiger partial charge in [0, 0.05) is 30.7 Å². The summed E-state index contributed by atoms with van der Waals surface area (Å²) in [4.78, 5) is 44.3. The number of carboxylic acid groups (broad SMARTS) is 1. The van der Waals surface area contributed by atoms with Gasteiger partial charge >= 0.3 is 12.0 Å². The average molecular weight is 460 g/mol. The van der Waals surface area contributed by atoms with Crippen molar-refractivity contribution in [2.45, 2.75) is 19.3 Å². The molecule has 2 atom stereocenters. The summed E-state index contributed by atoms with van der Waals surface area (Å²) in [5.41, 5.74) is 2.87. The van der Waals surface area contributed by atoms with Gasteiger partial charge in [-0.25, -0.2) is 9.78 Å². The van der Waals surface area contributed by atoms with Gasteiger partial charge in [0.05, 0.1) is 29.1 Å². The number of amides is 3. The van der Waals surface area contributed by atoms with Crippen LogP contribution >= 0.6 is 0 Å². The largest absolute Gasteiger partial charge is 0.481 e. The van der Waals surface area contributed by atoms with E-state index in [9.17, 15) is 14.4 Å². The first-order chi connectivity index (χ1) is 16.4. The lowest BCUT2D eigenvalue weighted by atomic mass is 10.1. The Bertz CT molecular complexity index is 1200. The lowest BCUT2D eigenvalue weighted by molar-refractivity contribution is -0.138. The molecule has 1 fully saturated rings. The fraction of sp³-hybridized carbons (Fsp3) is 0.208. The molecule has 2 aromatic heterocycles. The SMILES string of the molecule is CCNC(=O)Nc1cc(Nc2cccnc2)c(C(=O)Nc2ccc(C3C[C@H]3C(=O)O)cc2)cn1. The number of aromatic nitrogens is 2. The fourth-order valence-corrected chi connectivity index (χ4v) is 3.57. The summed E-state index contributed by atoms with van der Waals surface area (Å²) in [6.45, 7) is 2.27. The van der Waals surface area contributed by atoms with E-state index in [-0.39, 0.29) is 23.2 Å². The number of hydrogen-bond donors (Lipinski definition) is 5. The van der Waals surface area contributed by atoms with Crippen LogP contribution in [0, 0.1) is 5.92 Å². The van der Waals surface area contributed by atoms with Crippen LogP contribution in [0.1, 0.15) is 35.2 Å². The molecule has 10 nitrogen and oxygen atoms in total. The summed E-state index contributed by atoms with van der Waals surface area (Å²) in [6, 6.07) is 11.9. The van der Waals surface area contributed by atoms with Crippen LogP contribution in [0.15, 0.2) is 61.1 Å². The number of benzene rings is 1. The molecule has 174 valence electrons. The molecule has 1 saturated carbocycles. The van der Waals surface area contributed by atoms with E-state index in [1.807, 2.05) is 12.1 Å². The normalized spacial score (nSPS) is 16.3. The van der Waals surface area contributed by atoms with Gasteiger partial charge in [0.15, 0.2) is 0 Å². The average Bonchev–Trinajstić information content (AvgIpc) is 3.62. The molecule has 0 radical (unpaired) electrons. The van der Waals surface area contributed by atoms with Gasteiger partial charge in [-0.15, -0.1) is 0 Å². The van der Waals surface area contributed by atoms with Crippen LogP contribution in [0.4, 0.5) is 27.7 Å². The van der Waals surface area contributed by atoms with E-state index in [4.69, 9.17) is 5.11 Å². The molecule has 0 saturated heterocycles. The number of hydrogen-bond acceptors (Lipinski definition) is 6. The number of anilines is 4. The van der Waals surface area contributed by atoms with Crippen LogP contribution in [-0.2, 0) is 4.79 Å². The van der Waals surface area contributed by atoms with Gasteiger partial charge in [-0.3, -0.25) is 19.9 Å². The number of nitrogens with one attached hydrogen (secondary N) is 4. The third kappa shape index (κ3) is 5.47. The highest BCUT2D eigenvalue weighted by atomic mass is 16.4. The highest BCUT2D eigenvalue weighted by Crippen LogP contribution is 2.47. The Morgan fingerprint density at radius 3 is 2.50 bits per heavy atom. The second-order valence-corrected chi connectivity index (χ2v) is 7.83. The predicted octanol–water partition coefficient (Wildman–Crippen LogP) is 3.80. The number of urea groups is 1. The Kier molecular flexibility index (Phi) is 6.67. The molecule has 1 aliphatic rings. The summed E-state index contributed by atoms with van der Waals surface area (Å²) in [7, 11) is 0. The first-order valence-corrected chi connectivity index (χ1v) is 10.8. The van der Waals surface area contributed by atoms with Gasteiger partial charge in [0.2, 0.25) is 0 Å². The lowest BCUT2D eigenvalue weighted by Gasteiger charge is -2.14. The Labute approximate surface area is 195 Å². The minimum atomic E-state index is -0.784. The molecule has 34 heavy (non-hydrogen) atoms. The molecule has 10 heteroatoms. The number of carbonyl (C=O) groups is 3. The van der Waals surface area contributed by atoms with Crippen molar-refractivity contribution in [3.8, 4) is 0 Å². The van der Waals surface area contributed by atoms with Crippen molar-refractivity contribution >= 4 is 40.8 Å². The van der Waals surface area contributed by atoms with Gasteiger partial charge in [-0.1, -0.05) is 12.1 Å². The highest BCUT2D eigenvalue weighted by Gasteiger charge is 2.44. The number of carbonyl (C=O) groups excluding carboxylic acids is 2. The van der Waals surface area contributed by atoms with Crippen molar-refractivity contribution in [3.05, 3.63) is 72.2 Å². The summed E-state index contributed by atoms with van der Waals surface area (Å²) < 4.78 is 0. The lowest BCUT2D eigenvalue weighted by Crippen LogP contribution is -2.28. The Balaban J connectivity index is 1.52. The monoisotopic (exact) mass is 460 g/mol. The van der Waals surface area contributed by atoms with Crippen molar-refractivity contribution < 1.29 is 19.5 Å². The van der Waals surface area contributed by atoms with Gasteiger partial charge in [0.25, 0.3) is 5.91 Å². The standard InChI is InChI=1S/C24H24N6O4/c1-2-26-24(34)30-21-11-20(28-16-4-3-9-25-12-16)19(13-27-21)22(31)29-15-7-5-14(6-8-15)17-10-18(17)23(32)33/h3-9,11-13,17-18H,2,10H2,1H3,(H,29,31)(H,32,33)(H3,26,27,28,30,34)/t17?,18-/m1/s1. The zero-order valence-electron chi connectivity index (χ0n) is 18.4. The van der Waals surface area contributed by atoms with Crippen LogP contribution in [0.3, 0.4) is 0 Å². The zero-order chi connectivity index (χ0) is 24.1. The van der Waals surface area contributed by atoms with E-state index in [1.165, 1.54) is 6.20 Å². The second-order valence-electron chi connectivity index (χ2n) is 7.83. The van der Waals surface area contributed by atoms with E-state index in [0.717, 1.165) is 5.56 Å². The fourth-order valence-electron chi connectivity index (χ4n) is 3.57. The molecule has 1 unspecified atom stereocenters. The van der Waals surface area contributed by atoms with E-state index >= 15 is 0 Å². The predicted molar refractivity (Wildman–Crippen MR) is 127 cm³/mol. The van der Waals surface area contributed by atoms with Crippen molar-refractivity contribution in [1.29, 1.82) is 0 Å². The van der Waals surface area contributed by atoms with E-state index < -0.39 is 17.9 Å². The van der Waals surface area contributed by atoms with E-state index in [1.54, 1.807) is 49.6 Å². The number of rotatable bonds is 8. The maximum atomic E-state index is 13.0. The van der Waals surface area contributed by atoms with Gasteiger partial charge < -0.3 is 21.1 Å². The first-order valence-electron chi connectivity index (χ1n) is 10.8. The van der Waals surface area contributed by atoms with Crippen LogP contribution < -0.4 is 21.3 Å². The summed E-state index contributed by atoms with van der Waals surface area (Å²) >= 11 is 0. The molecule has 3 amide bonds. The van der Waals surface area contributed by atoms with E-state index in [2.05, 4.69) is 31.2 Å². The van der Waals surface area contributed by atoms with Crippen molar-refractivity contribution in [2.24, 2.45) is 5.92 Å². The molecule has 0 aliphatic heterocycles. The van der Waals surface area contributed by atoms with Crippen LogP contribution in [-0.4, -0.2) is 39.5 Å². The van der Waals surface area contributed by atoms with Crippen molar-refractivity contribution in [2.75, 3.05) is 22.5 Å². The summed E-state index contributed by atoms with van der Waals surface area (Å²) in [6.07, 6.45) is 5.26. The maximum absolute atomic E-state index is 13.0. The van der Waals surface area contributed by atoms with Crippen molar-refractivity contribution in [1.82, 2.24) is 15.3 Å². The number of nitrogens with zero attached hydrogens (tertiary/aromatic N) is 2. The maximum Gasteiger partial charge on any atom is 0.320 e. The third-order valence-electron chi connectivity index (χ3n) is 5.37. The Hall–Kier alpha value is -4.47. The third-order valence-corrected chi connectivity index (χ3v) is 5.37. The van der Waals surface area contributed by atoms with Crippen LogP contribution in [0.25, 0.3) is 0 Å². The quantitative estimate of drug-likeness (QED) is 0.344. The smallest absolute Gasteiger partial charge is 0.320 e. The molecular formula is C24H24N6O4. The molecule has 1 aromatic carbocycles. The molecule has 0 spiro atoms. The molecule has 5 N–H and O–H groups in total. The number of pyridine rings is 2. The number of carboxylic acids is 1. The first kappa shape index (κ1) is 22.7. The van der Waals surface area contributed by atoms with Crippen LogP contribution in [0.2, 0.25) is 0 Å². The molecule has 0 bridgehead atoms. The van der Waals surface area contributed by atoms with Gasteiger partial charge in [-0.2, -0.15) is 0 Å². The minimum Gasteiger partial charge on any atom is -0.481 e. The molecule has 4 rings (SSSR count). The van der Waals surface area contributed by atoms with E-state index in [0.29, 0.717) is 30.0 Å². The molecule has 3 aromatic rings. The van der Waals surface area contributed by atoms with Crippen molar-refractivity contribution in [3.63, 3.8) is 0 Å². The Morgan fingerprint density at radius 1 is 1.06 bits per heavy atom. The van der Waals surface area contributed by atoms with Gasteiger partial charge in [0.1, 0.15) is 5.82 Å². The summed E-state index contributed by atoms with van der Waals surface area (Å²) in [5, 5.41) is 20.3. The Morgan fingerprint density at radius 2 is 1.85 bits per heavy atom. The van der Waals surface area contributed by atoms with Gasteiger partial charge in [-0.05, 0) is 49.1 Å². The zero-order valence-corrected chi connectivity index (χ0v) is 18.4. The molecular weight excluding hydrogens is 436 g/mol. The molecule has 2 heterocycles. The highest BCUT2D eigenvalue weighted by molar-refractivity contribution is 6.08.